The van der Waals surface area contributed by atoms with Crippen LogP contribution in [-0.4, -0.2) is 16.6 Å². The van der Waals surface area contributed by atoms with Crippen LogP contribution in [0.3, 0.4) is 0 Å². The van der Waals surface area contributed by atoms with Crippen LogP contribution >= 0.6 is 0 Å². The highest BCUT2D eigenvalue weighted by Gasteiger charge is 2.30. The number of aryl methyl sites for hydroxylation is 1. The first-order valence-corrected chi connectivity index (χ1v) is 5.47. The average molecular weight is 282 g/mol. The maximum Gasteiger partial charge on any atom is 0.573 e. The minimum Gasteiger partial charge on any atom is -0.406 e. The number of H-pyrrole nitrogens is 1. The van der Waals surface area contributed by atoms with Crippen LogP contribution in [0.4, 0.5) is 24.7 Å². The van der Waals surface area contributed by atoms with Gasteiger partial charge in [-0.3, -0.25) is 5.10 Å². The number of alkyl halides is 3. The molecular formula is C12H9F3N4O. The van der Waals surface area contributed by atoms with Crippen molar-refractivity contribution in [3.63, 3.8) is 0 Å². The Bertz CT molecular complexity index is 640. The Morgan fingerprint density at radius 3 is 2.50 bits per heavy atom. The summed E-state index contributed by atoms with van der Waals surface area (Å²) in [6, 6.07) is 7.10. The Hall–Kier alpha value is -2.69. The third kappa shape index (κ3) is 3.20. The number of nitrogens with one attached hydrogen (secondary N) is 2. The van der Waals surface area contributed by atoms with E-state index < -0.39 is 6.36 Å². The van der Waals surface area contributed by atoms with E-state index >= 15 is 0 Å². The van der Waals surface area contributed by atoms with E-state index in [4.69, 9.17) is 5.26 Å². The van der Waals surface area contributed by atoms with Crippen LogP contribution in [0, 0.1) is 18.3 Å². The van der Waals surface area contributed by atoms with Gasteiger partial charge in [-0.2, -0.15) is 10.4 Å². The van der Waals surface area contributed by atoms with Crippen molar-refractivity contribution in [1.29, 1.82) is 5.26 Å². The van der Waals surface area contributed by atoms with Crippen LogP contribution in [0.25, 0.3) is 0 Å². The molecule has 0 spiro atoms. The van der Waals surface area contributed by atoms with Gasteiger partial charge in [0, 0.05) is 5.69 Å². The van der Waals surface area contributed by atoms with Gasteiger partial charge in [-0.25, -0.2) is 0 Å². The monoisotopic (exact) mass is 282 g/mol. The molecule has 2 rings (SSSR count). The highest BCUT2D eigenvalue weighted by Crippen LogP contribution is 2.26. The molecule has 0 saturated heterocycles. The zero-order valence-electron chi connectivity index (χ0n) is 10.2. The lowest BCUT2D eigenvalue weighted by Gasteiger charge is -2.09. The second kappa shape index (κ2) is 5.13. The zero-order chi connectivity index (χ0) is 14.8. The SMILES string of the molecule is Cc1[nH]nc(Nc2ccc(OC(F)(F)F)cc2)c1C#N. The maximum atomic E-state index is 12.0. The summed E-state index contributed by atoms with van der Waals surface area (Å²) in [5.74, 6) is -0.00347. The molecule has 0 atom stereocenters. The number of ether oxygens (including phenoxy) is 1. The van der Waals surface area contributed by atoms with Crippen molar-refractivity contribution in [2.24, 2.45) is 0 Å². The van der Waals surface area contributed by atoms with Crippen LogP contribution in [0.5, 0.6) is 5.75 Å². The Kier molecular flexibility index (Phi) is 3.52. The molecule has 0 aliphatic carbocycles. The molecule has 8 heteroatoms. The summed E-state index contributed by atoms with van der Waals surface area (Å²) >= 11 is 0. The smallest absolute Gasteiger partial charge is 0.406 e. The van der Waals surface area contributed by atoms with Crippen molar-refractivity contribution < 1.29 is 17.9 Å². The van der Waals surface area contributed by atoms with Gasteiger partial charge >= 0.3 is 6.36 Å². The van der Waals surface area contributed by atoms with E-state index in [0.29, 0.717) is 22.8 Å². The molecule has 104 valence electrons. The normalized spacial score (nSPS) is 10.9. The Balaban J connectivity index is 2.13. The molecule has 0 radical (unpaired) electrons. The number of hydrogen-bond acceptors (Lipinski definition) is 4. The summed E-state index contributed by atoms with van der Waals surface area (Å²) in [6.45, 7) is 1.69. The van der Waals surface area contributed by atoms with E-state index in [1.54, 1.807) is 6.92 Å². The average Bonchev–Trinajstić information content (AvgIpc) is 2.70. The van der Waals surface area contributed by atoms with Gasteiger partial charge in [0.1, 0.15) is 17.4 Å². The van der Waals surface area contributed by atoms with Gasteiger partial charge in [-0.15, -0.1) is 13.2 Å². The van der Waals surface area contributed by atoms with Crippen LogP contribution in [0.2, 0.25) is 0 Å². The van der Waals surface area contributed by atoms with Gasteiger partial charge in [0.2, 0.25) is 0 Å². The fourth-order valence-corrected chi connectivity index (χ4v) is 1.53. The molecule has 2 N–H and O–H groups in total. The summed E-state index contributed by atoms with van der Waals surface area (Å²) in [7, 11) is 0. The number of nitrogens with zero attached hydrogens (tertiary/aromatic N) is 2. The topological polar surface area (TPSA) is 73.7 Å². The van der Waals surface area contributed by atoms with Crippen molar-refractivity contribution >= 4 is 11.5 Å². The summed E-state index contributed by atoms with van der Waals surface area (Å²) < 4.78 is 39.8. The molecule has 0 unspecified atom stereocenters. The van der Waals surface area contributed by atoms with E-state index in [2.05, 4.69) is 20.3 Å². The first-order valence-electron chi connectivity index (χ1n) is 5.47. The van der Waals surface area contributed by atoms with Crippen molar-refractivity contribution in [3.8, 4) is 11.8 Å². The Morgan fingerprint density at radius 2 is 1.95 bits per heavy atom. The number of hydrogen-bond donors (Lipinski definition) is 2. The number of benzene rings is 1. The number of nitriles is 1. The first kappa shape index (κ1) is 13.7. The molecule has 1 aromatic carbocycles. The Labute approximate surface area is 112 Å². The van der Waals surface area contributed by atoms with Crippen LogP contribution in [0.15, 0.2) is 24.3 Å². The van der Waals surface area contributed by atoms with Crippen molar-refractivity contribution in [2.45, 2.75) is 13.3 Å². The van der Waals surface area contributed by atoms with Crippen molar-refractivity contribution in [3.05, 3.63) is 35.5 Å². The van der Waals surface area contributed by atoms with Gasteiger partial charge in [-0.1, -0.05) is 0 Å². The number of rotatable bonds is 3. The quantitative estimate of drug-likeness (QED) is 0.906. The van der Waals surface area contributed by atoms with E-state index in [-0.39, 0.29) is 5.75 Å². The van der Waals surface area contributed by atoms with Gasteiger partial charge < -0.3 is 10.1 Å². The molecule has 0 fully saturated rings. The second-order valence-corrected chi connectivity index (χ2v) is 3.88. The van der Waals surface area contributed by atoms with Crippen molar-refractivity contribution in [1.82, 2.24) is 10.2 Å². The minimum atomic E-state index is -4.72. The minimum absolute atomic E-state index is 0.314. The second-order valence-electron chi connectivity index (χ2n) is 3.88. The predicted octanol–water partition coefficient (Wildman–Crippen LogP) is 3.23. The number of aromatic amines is 1. The van der Waals surface area contributed by atoms with E-state index in [1.165, 1.54) is 24.3 Å². The molecule has 20 heavy (non-hydrogen) atoms. The lowest BCUT2D eigenvalue weighted by Crippen LogP contribution is -2.16. The molecule has 0 aliphatic rings. The highest BCUT2D eigenvalue weighted by molar-refractivity contribution is 5.64. The molecule has 5 nitrogen and oxygen atoms in total. The van der Waals surface area contributed by atoms with Crippen LogP contribution < -0.4 is 10.1 Å². The van der Waals surface area contributed by atoms with Crippen LogP contribution in [0.1, 0.15) is 11.3 Å². The lowest BCUT2D eigenvalue weighted by atomic mass is 10.2. The molecule has 0 amide bonds. The molecular weight excluding hydrogens is 273 g/mol. The molecule has 1 aromatic heterocycles. The third-order valence-electron chi connectivity index (χ3n) is 2.41. The van der Waals surface area contributed by atoms with E-state index in [9.17, 15) is 13.2 Å². The van der Waals surface area contributed by atoms with Gasteiger partial charge in [0.05, 0.1) is 5.69 Å². The fourth-order valence-electron chi connectivity index (χ4n) is 1.53. The largest absolute Gasteiger partial charge is 0.573 e. The van der Waals surface area contributed by atoms with Gasteiger partial charge in [0.15, 0.2) is 5.82 Å². The highest BCUT2D eigenvalue weighted by atomic mass is 19.4. The standard InChI is InChI=1S/C12H9F3N4O/c1-7-10(6-16)11(19-18-7)17-8-2-4-9(5-3-8)20-12(13,14)15/h2-5H,1H3,(H2,17,18,19). The molecule has 0 bridgehead atoms. The molecule has 0 saturated carbocycles. The molecule has 2 aromatic rings. The third-order valence-corrected chi connectivity index (χ3v) is 2.41. The fraction of sp³-hybridized carbons (Fsp3) is 0.167. The lowest BCUT2D eigenvalue weighted by molar-refractivity contribution is -0.274. The molecule has 0 aliphatic heterocycles. The summed E-state index contributed by atoms with van der Waals surface area (Å²) in [5.41, 5.74) is 1.44. The van der Waals surface area contributed by atoms with Gasteiger partial charge in [-0.05, 0) is 31.2 Å². The summed E-state index contributed by atoms with van der Waals surface area (Å²) in [6.07, 6.45) is -4.72. The number of aromatic nitrogens is 2. The Morgan fingerprint density at radius 1 is 1.30 bits per heavy atom. The molecule has 1 heterocycles. The first-order chi connectivity index (χ1) is 9.39. The number of halogens is 3. The van der Waals surface area contributed by atoms with Crippen molar-refractivity contribution in [2.75, 3.05) is 5.32 Å². The van der Waals surface area contributed by atoms with E-state index in [0.717, 1.165) is 0 Å². The summed E-state index contributed by atoms with van der Waals surface area (Å²) in [5, 5.41) is 18.3. The number of anilines is 2. The van der Waals surface area contributed by atoms with E-state index in [1.807, 2.05) is 6.07 Å². The predicted molar refractivity (Wildman–Crippen MR) is 64.4 cm³/mol. The van der Waals surface area contributed by atoms with Crippen LogP contribution in [-0.2, 0) is 0 Å². The summed E-state index contributed by atoms with van der Waals surface area (Å²) in [4.78, 5) is 0. The zero-order valence-corrected chi connectivity index (χ0v) is 10.2. The van der Waals surface area contributed by atoms with Gasteiger partial charge in [0.25, 0.3) is 0 Å². The maximum absolute atomic E-state index is 12.0.